The maximum atomic E-state index is 9.35. The fourth-order valence-corrected chi connectivity index (χ4v) is 0. The molecule has 0 saturated carbocycles. The second-order valence-corrected chi connectivity index (χ2v) is 1.18. The Balaban J connectivity index is 2.85. The minimum absolute atomic E-state index is 0.167. The molecule has 0 heterocycles. The predicted octanol–water partition coefficient (Wildman–Crippen LogP) is 0.0386. The van der Waals surface area contributed by atoms with Gasteiger partial charge >= 0.3 is 54.2 Å². The molecule has 0 aliphatic carbocycles. The molecular weight excluding hydrogens is 221 g/mol. The van der Waals surface area contributed by atoms with Gasteiger partial charge < -0.3 is 0 Å². The zero-order valence-electron chi connectivity index (χ0n) is 2.36. The third kappa shape index (κ3) is 4.73. The van der Waals surface area contributed by atoms with Gasteiger partial charge in [-0.3, -0.25) is 0 Å². The van der Waals surface area contributed by atoms with Crippen LogP contribution in [0.1, 0.15) is 0 Å². The van der Waals surface area contributed by atoms with Crippen LogP contribution in [0.15, 0.2) is 0 Å². The first-order valence-electron chi connectivity index (χ1n) is 0.994. The molecule has 1 N–H and O–H groups in total. The van der Waals surface area contributed by atoms with E-state index in [4.69, 9.17) is 5.11 Å². The van der Waals surface area contributed by atoms with E-state index in [0.717, 1.165) is 0 Å². The Hall–Kier alpha value is 0.730. The summed E-state index contributed by atoms with van der Waals surface area (Å²) in [6, 6.07) is 0. The minimum atomic E-state index is -0.770. The Kier molecular flexibility index (Phi) is 3.37. The van der Waals surface area contributed by atoms with Crippen LogP contribution < -0.4 is 0 Å². The molecule has 0 aromatic heterocycles. The van der Waals surface area contributed by atoms with Crippen LogP contribution >= 0.6 is 0 Å². The number of hydrogen-bond acceptors (Lipinski definition) is 1. The molecule has 0 amide bonds. The first-order chi connectivity index (χ1) is 2.27. The molecular formula is C2H3HoO2. The SMILES string of the molecule is O=C(O)[CH2][Ho]. The number of aliphatic carboxylic acids is 1. The molecule has 0 atom stereocenters. The van der Waals surface area contributed by atoms with E-state index in [1.165, 1.54) is 0 Å². The van der Waals surface area contributed by atoms with Gasteiger partial charge in [-0.1, -0.05) is 0 Å². The summed E-state index contributed by atoms with van der Waals surface area (Å²) >= 11 is 1.93. The zero-order chi connectivity index (χ0) is 4.28. The van der Waals surface area contributed by atoms with Crippen molar-refractivity contribution < 1.29 is 45.7 Å². The molecule has 0 bridgehead atoms. The summed E-state index contributed by atoms with van der Waals surface area (Å²) in [5, 5.41) is 7.71. The fraction of sp³-hybridized carbons (Fsp3) is 0.500. The molecule has 2 nitrogen and oxygen atoms in total. The van der Waals surface area contributed by atoms with Crippen molar-refractivity contribution in [2.75, 3.05) is 0 Å². The molecule has 0 unspecified atom stereocenters. The van der Waals surface area contributed by atoms with Gasteiger partial charge in [-0.2, -0.15) is 0 Å². The summed E-state index contributed by atoms with van der Waals surface area (Å²) in [5.74, 6) is -0.770. The summed E-state index contributed by atoms with van der Waals surface area (Å²) in [6.45, 7) is 0. The van der Waals surface area contributed by atoms with Gasteiger partial charge in [-0.05, 0) is 0 Å². The molecule has 34 valence electrons. The van der Waals surface area contributed by atoms with Crippen LogP contribution in [0.4, 0.5) is 0 Å². The molecule has 0 rings (SSSR count). The van der Waals surface area contributed by atoms with Crippen molar-refractivity contribution in [3.05, 3.63) is 0 Å². The van der Waals surface area contributed by atoms with Crippen molar-refractivity contribution in [2.45, 2.75) is 2.52 Å². The van der Waals surface area contributed by atoms with Crippen LogP contribution in [-0.4, -0.2) is 11.1 Å². The molecule has 0 aliphatic heterocycles. The van der Waals surface area contributed by atoms with Crippen LogP contribution in [0.2, 0.25) is 2.52 Å². The molecule has 0 saturated heterocycles. The van der Waals surface area contributed by atoms with Gasteiger partial charge in [0.05, 0.1) is 0 Å². The molecule has 0 aromatic carbocycles. The first kappa shape index (κ1) is 5.73. The maximum absolute atomic E-state index is 9.35. The van der Waals surface area contributed by atoms with Crippen molar-refractivity contribution >= 4 is 5.97 Å². The first-order valence-corrected chi connectivity index (χ1v) is 2.36. The molecule has 0 radical (unpaired) electrons. The normalized spacial score (nSPS) is 7.60. The average Bonchev–Trinajstić information content (AvgIpc) is 1.38. The number of carbonyl (C=O) groups is 1. The molecule has 3 heteroatoms. The monoisotopic (exact) mass is 224 g/mol. The van der Waals surface area contributed by atoms with E-state index in [9.17, 15) is 4.79 Å². The topological polar surface area (TPSA) is 37.3 Å². The van der Waals surface area contributed by atoms with Gasteiger partial charge in [0.1, 0.15) is 0 Å². The summed E-state index contributed by atoms with van der Waals surface area (Å²) < 4.78 is 0.167. The van der Waals surface area contributed by atoms with Crippen molar-refractivity contribution in [2.24, 2.45) is 0 Å². The van der Waals surface area contributed by atoms with E-state index in [1.54, 1.807) is 0 Å². The second kappa shape index (κ2) is 2.94. The van der Waals surface area contributed by atoms with Crippen molar-refractivity contribution in [1.82, 2.24) is 0 Å². The Morgan fingerprint density at radius 2 is 2.20 bits per heavy atom. The fourth-order valence-electron chi connectivity index (χ4n) is 0. The Bertz CT molecular complexity index is 42.9. The van der Waals surface area contributed by atoms with Gasteiger partial charge in [-0.15, -0.1) is 0 Å². The Morgan fingerprint density at radius 3 is 2.20 bits per heavy atom. The van der Waals surface area contributed by atoms with Gasteiger partial charge in [0.25, 0.3) is 0 Å². The number of carboxylic acid groups (broad SMARTS) is 1. The number of hydrogen-bond donors (Lipinski definition) is 1. The molecule has 0 fully saturated rings. The van der Waals surface area contributed by atoms with E-state index in [-0.39, 0.29) is 2.52 Å². The summed E-state index contributed by atoms with van der Waals surface area (Å²) in [4.78, 5) is 9.35. The van der Waals surface area contributed by atoms with Crippen LogP contribution in [0, 0.1) is 35.8 Å². The molecule has 5 heavy (non-hydrogen) atoms. The Morgan fingerprint density at radius 1 is 2.00 bits per heavy atom. The van der Waals surface area contributed by atoms with Crippen molar-refractivity contribution in [1.29, 1.82) is 0 Å². The van der Waals surface area contributed by atoms with E-state index < -0.39 is 5.97 Å². The molecule has 0 aromatic rings. The van der Waals surface area contributed by atoms with Gasteiger partial charge in [0.2, 0.25) is 0 Å². The third-order valence-electron chi connectivity index (χ3n) is 0.0912. The standard InChI is InChI=1S/C2H3O2.Ho/c1-2(3)4;/h1H2,(H,3,4);. The average molecular weight is 224 g/mol. The second-order valence-electron chi connectivity index (χ2n) is 0.500. The van der Waals surface area contributed by atoms with E-state index in [2.05, 4.69) is 0 Å². The van der Waals surface area contributed by atoms with E-state index in [0.29, 0.717) is 0 Å². The van der Waals surface area contributed by atoms with Crippen LogP contribution in [0.25, 0.3) is 0 Å². The van der Waals surface area contributed by atoms with Crippen LogP contribution in [-0.2, 0) is 4.79 Å². The third-order valence-corrected chi connectivity index (χ3v) is 0.676. The van der Waals surface area contributed by atoms with E-state index >= 15 is 0 Å². The molecule has 0 spiro atoms. The van der Waals surface area contributed by atoms with Gasteiger partial charge in [0, 0.05) is 0 Å². The number of rotatable bonds is 1. The van der Waals surface area contributed by atoms with Crippen LogP contribution in [0.5, 0.6) is 0 Å². The zero-order valence-corrected chi connectivity index (χ0v) is 4.30. The van der Waals surface area contributed by atoms with E-state index in [1.807, 2.05) is 35.8 Å². The van der Waals surface area contributed by atoms with Crippen LogP contribution in [0.3, 0.4) is 0 Å². The van der Waals surface area contributed by atoms with Crippen molar-refractivity contribution in [3.63, 3.8) is 0 Å². The van der Waals surface area contributed by atoms with Gasteiger partial charge in [-0.25, -0.2) is 0 Å². The van der Waals surface area contributed by atoms with Crippen molar-refractivity contribution in [3.8, 4) is 0 Å². The summed E-state index contributed by atoms with van der Waals surface area (Å²) in [7, 11) is 0. The Labute approximate surface area is 53.8 Å². The summed E-state index contributed by atoms with van der Waals surface area (Å²) in [5.41, 5.74) is 0. The predicted molar refractivity (Wildman–Crippen MR) is 12.4 cm³/mol. The quantitative estimate of drug-likeness (QED) is 0.638. The molecule has 0 aliphatic rings. The summed E-state index contributed by atoms with van der Waals surface area (Å²) in [6.07, 6.45) is 0. The number of carboxylic acids is 1. The van der Waals surface area contributed by atoms with Gasteiger partial charge in [0.15, 0.2) is 0 Å².